The van der Waals surface area contributed by atoms with Crippen molar-refractivity contribution in [1.29, 1.82) is 0 Å². The molecule has 4 atom stereocenters. The van der Waals surface area contributed by atoms with Crippen molar-refractivity contribution in [1.82, 2.24) is 9.97 Å². The molecule has 14 heteroatoms. The first-order chi connectivity index (χ1) is 15.6. The fraction of sp³-hybridized carbons (Fsp3) is 0.650. The number of imidazole rings is 1. The van der Waals surface area contributed by atoms with Gasteiger partial charge in [-0.05, 0) is 18.3 Å². The van der Waals surface area contributed by atoms with Crippen molar-refractivity contribution in [3.8, 4) is 0 Å². The third-order valence-corrected chi connectivity index (χ3v) is 4.07. The normalized spacial score (nSPS) is 13.3. The van der Waals surface area contributed by atoms with Crippen LogP contribution in [0.1, 0.15) is 46.2 Å². The van der Waals surface area contributed by atoms with Crippen LogP contribution in [-0.4, -0.2) is 78.9 Å². The summed E-state index contributed by atoms with van der Waals surface area (Å²) in [6.07, 6.45) is 4.70. The average molecular weight is 493 g/mol. The molecular formula is C20H40N6O8. The molecule has 1 rings (SSSR count). The van der Waals surface area contributed by atoms with Crippen LogP contribution >= 0.6 is 0 Å². The molecule has 0 aliphatic heterocycles. The number of carboxylic acids is 4. The minimum atomic E-state index is -1.00. The Balaban J connectivity index is -0.000000389. The first-order valence-corrected chi connectivity index (χ1v) is 10.4. The Kier molecular flexibility index (Phi) is 21.4. The minimum Gasteiger partial charge on any atom is -0.480 e. The van der Waals surface area contributed by atoms with Gasteiger partial charge in [0.15, 0.2) is 0 Å². The number of carbonyl (C=O) groups is 4. The summed E-state index contributed by atoms with van der Waals surface area (Å²) in [6.45, 7) is 7.37. The Morgan fingerprint density at radius 1 is 0.941 bits per heavy atom. The summed E-state index contributed by atoms with van der Waals surface area (Å²) < 4.78 is 0. The van der Waals surface area contributed by atoms with Gasteiger partial charge in [-0.2, -0.15) is 0 Å². The van der Waals surface area contributed by atoms with Crippen molar-refractivity contribution >= 4 is 23.9 Å². The molecule has 0 unspecified atom stereocenters. The molecule has 0 radical (unpaired) electrons. The summed E-state index contributed by atoms with van der Waals surface area (Å²) in [5, 5.41) is 32.7. The molecule has 198 valence electrons. The van der Waals surface area contributed by atoms with E-state index in [2.05, 4.69) is 15.7 Å². The Bertz CT molecular complexity index is 699. The van der Waals surface area contributed by atoms with Gasteiger partial charge in [0.1, 0.15) is 18.1 Å². The number of aromatic amines is 1. The topological polar surface area (TPSA) is 282 Å². The number of H-pyrrole nitrogens is 1. The highest BCUT2D eigenvalue weighted by atomic mass is 16.4. The third kappa shape index (κ3) is 22.1. The molecule has 0 aliphatic rings. The van der Waals surface area contributed by atoms with Gasteiger partial charge >= 0.3 is 23.9 Å². The zero-order valence-corrected chi connectivity index (χ0v) is 20.0. The summed E-state index contributed by atoms with van der Waals surface area (Å²) in [5.74, 6) is -3.36. The number of nitrogens with two attached hydrogens (primary N) is 4. The van der Waals surface area contributed by atoms with Gasteiger partial charge in [-0.1, -0.05) is 34.1 Å². The molecule has 0 saturated carbocycles. The van der Waals surface area contributed by atoms with Crippen molar-refractivity contribution in [3.05, 3.63) is 18.2 Å². The number of hydrogen-bond donors (Lipinski definition) is 9. The fourth-order valence-corrected chi connectivity index (χ4v) is 1.83. The lowest BCUT2D eigenvalue weighted by atomic mass is 10.0. The number of aliphatic carboxylic acids is 4. The van der Waals surface area contributed by atoms with Crippen LogP contribution in [0.3, 0.4) is 0 Å². The quantitative estimate of drug-likeness (QED) is 0.195. The van der Waals surface area contributed by atoms with Crippen LogP contribution in [0.25, 0.3) is 0 Å². The lowest BCUT2D eigenvalue weighted by Gasteiger charge is -2.11. The average Bonchev–Trinajstić information content (AvgIpc) is 3.26. The Hall–Kier alpha value is -3.07. The van der Waals surface area contributed by atoms with Crippen LogP contribution in [0, 0.1) is 11.8 Å². The molecule has 1 aromatic heterocycles. The number of nitrogens with one attached hydrogen (secondary N) is 1. The predicted molar refractivity (Wildman–Crippen MR) is 125 cm³/mol. The van der Waals surface area contributed by atoms with Crippen LogP contribution in [-0.2, 0) is 25.6 Å². The van der Waals surface area contributed by atoms with Crippen molar-refractivity contribution in [2.75, 3.05) is 6.54 Å². The van der Waals surface area contributed by atoms with E-state index in [1.165, 1.54) is 6.33 Å². The summed E-state index contributed by atoms with van der Waals surface area (Å²) in [4.78, 5) is 46.3. The maximum atomic E-state index is 10.3. The van der Waals surface area contributed by atoms with Crippen LogP contribution in [0.15, 0.2) is 12.5 Å². The molecule has 13 N–H and O–H groups in total. The zero-order chi connectivity index (χ0) is 27.4. The number of hydrogen-bond acceptors (Lipinski definition) is 9. The number of aromatic nitrogens is 2. The van der Waals surface area contributed by atoms with Gasteiger partial charge < -0.3 is 48.3 Å². The molecule has 0 spiro atoms. The van der Waals surface area contributed by atoms with Crippen LogP contribution in [0.5, 0.6) is 0 Å². The van der Waals surface area contributed by atoms with E-state index in [-0.39, 0.29) is 18.9 Å². The molecular weight excluding hydrogens is 452 g/mol. The van der Waals surface area contributed by atoms with Gasteiger partial charge in [0.25, 0.3) is 0 Å². The van der Waals surface area contributed by atoms with Gasteiger partial charge in [0.05, 0.1) is 12.9 Å². The van der Waals surface area contributed by atoms with Gasteiger partial charge in [-0.25, -0.2) is 4.98 Å². The summed E-state index contributed by atoms with van der Waals surface area (Å²) in [7, 11) is 0. The fourth-order valence-electron chi connectivity index (χ4n) is 1.83. The van der Waals surface area contributed by atoms with Crippen molar-refractivity contribution in [2.24, 2.45) is 34.8 Å². The molecule has 0 aliphatic carbocycles. The van der Waals surface area contributed by atoms with Gasteiger partial charge in [0, 0.05) is 18.3 Å². The molecule has 1 heterocycles. The first kappa shape index (κ1) is 35.5. The lowest BCUT2D eigenvalue weighted by Crippen LogP contribution is -2.36. The van der Waals surface area contributed by atoms with Crippen molar-refractivity contribution in [3.63, 3.8) is 0 Å². The lowest BCUT2D eigenvalue weighted by molar-refractivity contribution is -0.140. The summed E-state index contributed by atoms with van der Waals surface area (Å²) in [5.41, 5.74) is 21.1. The standard InChI is InChI=1S/C6H9N3O2.2C6H13NO2.C2H5NO2/c7-5(6(10)11)1-4-2-8-3-9-4;1-4(2)3-5(7)6(8)9;1-3-4(2)5(7)6(8)9;3-1-2(4)5/h2-3,5H,1,7H2,(H,8,9)(H,10,11);2*4-5H,3,7H2,1-2H3,(H,8,9);1,3H2,(H,4,5)/t2*5-;4-,5-;/m000./s1. The Morgan fingerprint density at radius 3 is 1.62 bits per heavy atom. The van der Waals surface area contributed by atoms with Crippen LogP contribution in [0.4, 0.5) is 0 Å². The second kappa shape index (κ2) is 20.5. The summed E-state index contributed by atoms with van der Waals surface area (Å²) >= 11 is 0. The molecule has 0 saturated heterocycles. The van der Waals surface area contributed by atoms with E-state index in [4.69, 9.17) is 37.6 Å². The second-order valence-electron chi connectivity index (χ2n) is 7.65. The number of carboxylic acid groups (broad SMARTS) is 4. The van der Waals surface area contributed by atoms with E-state index >= 15 is 0 Å². The van der Waals surface area contributed by atoms with E-state index in [1.807, 2.05) is 27.7 Å². The Labute approximate surface area is 198 Å². The first-order valence-electron chi connectivity index (χ1n) is 10.4. The highest BCUT2D eigenvalue weighted by Gasteiger charge is 2.17. The Morgan fingerprint density at radius 2 is 1.41 bits per heavy atom. The molecule has 0 fully saturated rings. The maximum Gasteiger partial charge on any atom is 0.320 e. The second-order valence-corrected chi connectivity index (χ2v) is 7.65. The van der Waals surface area contributed by atoms with E-state index in [0.717, 1.165) is 12.1 Å². The van der Waals surface area contributed by atoms with Gasteiger partial charge in [-0.15, -0.1) is 0 Å². The highest BCUT2D eigenvalue weighted by molar-refractivity contribution is 5.74. The zero-order valence-electron chi connectivity index (χ0n) is 20.0. The number of rotatable bonds is 10. The largest absolute Gasteiger partial charge is 0.480 e. The van der Waals surface area contributed by atoms with E-state index in [0.29, 0.717) is 12.3 Å². The molecule has 1 aromatic rings. The third-order valence-electron chi connectivity index (χ3n) is 4.07. The monoisotopic (exact) mass is 492 g/mol. The van der Waals surface area contributed by atoms with Gasteiger partial charge in [-0.3, -0.25) is 19.2 Å². The highest BCUT2D eigenvalue weighted by Crippen LogP contribution is 2.04. The predicted octanol–water partition coefficient (Wildman–Crippen LogP) is -0.717. The molecule has 0 amide bonds. The smallest absolute Gasteiger partial charge is 0.320 e. The molecule has 14 nitrogen and oxygen atoms in total. The minimum absolute atomic E-state index is 0.0718. The van der Waals surface area contributed by atoms with Crippen molar-refractivity contribution < 1.29 is 39.6 Å². The van der Waals surface area contributed by atoms with E-state index in [1.54, 1.807) is 6.20 Å². The molecule has 0 bridgehead atoms. The molecule has 34 heavy (non-hydrogen) atoms. The number of nitrogens with zero attached hydrogens (tertiary/aromatic N) is 1. The maximum absolute atomic E-state index is 10.3. The van der Waals surface area contributed by atoms with Crippen LogP contribution in [0.2, 0.25) is 0 Å². The molecule has 0 aromatic carbocycles. The SMILES string of the molecule is CC(C)C[C@H](N)C(=O)O.CC[C@H](C)[C@H](N)C(=O)O.NCC(=O)O.N[C@@H](Cc1cnc[nH]1)C(=O)O. The van der Waals surface area contributed by atoms with E-state index < -0.39 is 42.0 Å². The van der Waals surface area contributed by atoms with Gasteiger partial charge in [0.2, 0.25) is 0 Å². The van der Waals surface area contributed by atoms with Crippen LogP contribution < -0.4 is 22.9 Å². The van der Waals surface area contributed by atoms with Crippen molar-refractivity contribution in [2.45, 2.75) is 65.1 Å². The summed E-state index contributed by atoms with van der Waals surface area (Å²) in [6, 6.07) is -2.24. The van der Waals surface area contributed by atoms with E-state index in [9.17, 15) is 19.2 Å².